The van der Waals surface area contributed by atoms with E-state index in [0.29, 0.717) is 0 Å². The van der Waals surface area contributed by atoms with Crippen molar-refractivity contribution in [2.75, 3.05) is 0 Å². The number of carboxylic acid groups (broad SMARTS) is 1. The fourth-order valence-corrected chi connectivity index (χ4v) is 2.00. The first-order valence-corrected chi connectivity index (χ1v) is 5.93. The third-order valence-corrected chi connectivity index (χ3v) is 2.75. The average molecular weight is 244 g/mol. The summed E-state index contributed by atoms with van der Waals surface area (Å²) in [7, 11) is 0. The fourth-order valence-electron chi connectivity index (χ4n) is 2.00. The van der Waals surface area contributed by atoms with Gasteiger partial charge < -0.3 is 5.11 Å². The smallest absolute Gasteiger partial charge is 0.307 e. The van der Waals surface area contributed by atoms with Gasteiger partial charge in [0.15, 0.2) is 0 Å². The summed E-state index contributed by atoms with van der Waals surface area (Å²) in [5.41, 5.74) is 2.65. The monoisotopic (exact) mass is 244 g/mol. The lowest BCUT2D eigenvalue weighted by molar-refractivity contribution is -0.136. The third-order valence-electron chi connectivity index (χ3n) is 2.75. The van der Waals surface area contributed by atoms with Crippen LogP contribution in [0, 0.1) is 0 Å². The summed E-state index contributed by atoms with van der Waals surface area (Å²) in [5, 5.41) is 13.2. The molecule has 4 heteroatoms. The van der Waals surface area contributed by atoms with Crippen LogP contribution in [0.25, 0.3) is 11.3 Å². The molecule has 1 aromatic carbocycles. The predicted molar refractivity (Wildman–Crippen MR) is 69.4 cm³/mol. The molecule has 0 unspecified atom stereocenters. The van der Waals surface area contributed by atoms with Gasteiger partial charge in [-0.05, 0) is 13.8 Å². The quantitative estimate of drug-likeness (QED) is 0.899. The highest BCUT2D eigenvalue weighted by Crippen LogP contribution is 2.26. The van der Waals surface area contributed by atoms with Gasteiger partial charge in [0.2, 0.25) is 0 Å². The molecular formula is C14H16N2O2. The molecule has 0 aliphatic heterocycles. The zero-order chi connectivity index (χ0) is 13.1. The predicted octanol–water partition coefficient (Wildman–Crippen LogP) is 2.76. The maximum atomic E-state index is 10.9. The van der Waals surface area contributed by atoms with Crippen molar-refractivity contribution in [2.45, 2.75) is 26.3 Å². The van der Waals surface area contributed by atoms with Gasteiger partial charge in [-0.25, -0.2) is 0 Å². The molecule has 1 aromatic heterocycles. The molecule has 2 aromatic rings. The van der Waals surface area contributed by atoms with Crippen LogP contribution in [0.15, 0.2) is 36.5 Å². The normalized spacial score (nSPS) is 10.8. The van der Waals surface area contributed by atoms with E-state index in [1.54, 1.807) is 6.20 Å². The molecule has 94 valence electrons. The molecule has 0 bridgehead atoms. The summed E-state index contributed by atoms with van der Waals surface area (Å²) in [6.45, 7) is 4.06. The Kier molecular flexibility index (Phi) is 3.46. The van der Waals surface area contributed by atoms with Crippen LogP contribution in [0.4, 0.5) is 0 Å². The van der Waals surface area contributed by atoms with Gasteiger partial charge in [0.05, 0.1) is 18.3 Å². The van der Waals surface area contributed by atoms with Crippen molar-refractivity contribution in [1.29, 1.82) is 0 Å². The van der Waals surface area contributed by atoms with E-state index < -0.39 is 5.97 Å². The molecule has 0 spiro atoms. The van der Waals surface area contributed by atoms with Crippen molar-refractivity contribution in [1.82, 2.24) is 9.78 Å². The van der Waals surface area contributed by atoms with Crippen molar-refractivity contribution in [3.05, 3.63) is 42.1 Å². The second-order valence-electron chi connectivity index (χ2n) is 4.49. The minimum Gasteiger partial charge on any atom is -0.481 e. The van der Waals surface area contributed by atoms with Crippen LogP contribution < -0.4 is 0 Å². The standard InChI is InChI=1S/C14H16N2O2/c1-10(2)16-14(11-6-4-3-5-7-11)12(9-15-16)8-13(17)18/h3-7,9-10H,8H2,1-2H3,(H,17,18). The molecule has 0 aliphatic carbocycles. The Morgan fingerprint density at radius 2 is 2.00 bits per heavy atom. The van der Waals surface area contributed by atoms with Crippen molar-refractivity contribution in [2.24, 2.45) is 0 Å². The molecule has 1 heterocycles. The van der Waals surface area contributed by atoms with Crippen LogP contribution in [-0.4, -0.2) is 20.9 Å². The lowest BCUT2D eigenvalue weighted by atomic mass is 10.1. The first-order valence-electron chi connectivity index (χ1n) is 5.93. The highest BCUT2D eigenvalue weighted by Gasteiger charge is 2.16. The molecule has 0 radical (unpaired) electrons. The topological polar surface area (TPSA) is 55.1 Å². The lowest BCUT2D eigenvalue weighted by Gasteiger charge is -2.12. The number of hydrogen-bond donors (Lipinski definition) is 1. The summed E-state index contributed by atoms with van der Waals surface area (Å²) in [5.74, 6) is -0.838. The molecule has 18 heavy (non-hydrogen) atoms. The van der Waals surface area contributed by atoms with Crippen LogP contribution in [0.1, 0.15) is 25.5 Å². The summed E-state index contributed by atoms with van der Waals surface area (Å²) in [6, 6.07) is 9.97. The van der Waals surface area contributed by atoms with E-state index in [2.05, 4.69) is 5.10 Å². The maximum Gasteiger partial charge on any atom is 0.307 e. The Balaban J connectivity index is 2.54. The Morgan fingerprint density at radius 1 is 1.33 bits per heavy atom. The van der Waals surface area contributed by atoms with Gasteiger partial charge in [-0.15, -0.1) is 0 Å². The average Bonchev–Trinajstić information content (AvgIpc) is 2.73. The molecule has 1 N–H and O–H groups in total. The van der Waals surface area contributed by atoms with Gasteiger partial charge in [-0.1, -0.05) is 30.3 Å². The summed E-state index contributed by atoms with van der Waals surface area (Å²) >= 11 is 0. The molecular weight excluding hydrogens is 228 g/mol. The Labute approximate surface area is 106 Å². The number of aromatic nitrogens is 2. The molecule has 0 atom stereocenters. The van der Waals surface area contributed by atoms with E-state index in [0.717, 1.165) is 16.8 Å². The fraction of sp³-hybridized carbons (Fsp3) is 0.286. The second-order valence-corrected chi connectivity index (χ2v) is 4.49. The summed E-state index contributed by atoms with van der Waals surface area (Å²) in [6.07, 6.45) is 1.65. The molecule has 0 saturated carbocycles. The second kappa shape index (κ2) is 5.04. The maximum absolute atomic E-state index is 10.9. The van der Waals surface area contributed by atoms with Gasteiger partial charge >= 0.3 is 5.97 Å². The Morgan fingerprint density at radius 3 is 2.56 bits per heavy atom. The molecule has 0 saturated heterocycles. The van der Waals surface area contributed by atoms with Gasteiger partial charge in [-0.2, -0.15) is 5.10 Å². The van der Waals surface area contributed by atoms with E-state index in [-0.39, 0.29) is 12.5 Å². The number of hydrogen-bond acceptors (Lipinski definition) is 2. The Bertz CT molecular complexity index is 544. The van der Waals surface area contributed by atoms with E-state index in [1.807, 2.05) is 48.9 Å². The lowest BCUT2D eigenvalue weighted by Crippen LogP contribution is -2.07. The Hall–Kier alpha value is -2.10. The van der Waals surface area contributed by atoms with Crippen LogP contribution in [0.2, 0.25) is 0 Å². The number of benzene rings is 1. The number of nitrogens with zero attached hydrogens (tertiary/aromatic N) is 2. The van der Waals surface area contributed by atoms with Crippen LogP contribution in [0.5, 0.6) is 0 Å². The van der Waals surface area contributed by atoms with E-state index in [9.17, 15) is 4.79 Å². The van der Waals surface area contributed by atoms with Crippen LogP contribution in [0.3, 0.4) is 0 Å². The SMILES string of the molecule is CC(C)n1ncc(CC(=O)O)c1-c1ccccc1. The molecule has 0 aliphatic rings. The van der Waals surface area contributed by atoms with E-state index in [4.69, 9.17) is 5.11 Å². The van der Waals surface area contributed by atoms with Crippen LogP contribution in [-0.2, 0) is 11.2 Å². The number of aliphatic carboxylic acids is 1. The molecule has 4 nitrogen and oxygen atoms in total. The van der Waals surface area contributed by atoms with Crippen molar-refractivity contribution in [3.63, 3.8) is 0 Å². The van der Waals surface area contributed by atoms with Crippen LogP contribution >= 0.6 is 0 Å². The molecule has 0 amide bonds. The van der Waals surface area contributed by atoms with Gasteiger partial charge in [-0.3, -0.25) is 9.48 Å². The molecule has 2 rings (SSSR count). The first-order chi connectivity index (χ1) is 8.59. The van der Waals surface area contributed by atoms with E-state index >= 15 is 0 Å². The summed E-state index contributed by atoms with van der Waals surface area (Å²) < 4.78 is 1.87. The van der Waals surface area contributed by atoms with Crippen molar-refractivity contribution < 1.29 is 9.90 Å². The van der Waals surface area contributed by atoms with E-state index in [1.165, 1.54) is 0 Å². The van der Waals surface area contributed by atoms with Gasteiger partial charge in [0.1, 0.15) is 0 Å². The highest BCUT2D eigenvalue weighted by molar-refractivity contribution is 5.75. The van der Waals surface area contributed by atoms with Crippen molar-refractivity contribution >= 4 is 5.97 Å². The van der Waals surface area contributed by atoms with Gasteiger partial charge in [0, 0.05) is 17.2 Å². The minimum atomic E-state index is -0.838. The number of carboxylic acids is 1. The third kappa shape index (κ3) is 2.42. The number of carbonyl (C=O) groups is 1. The van der Waals surface area contributed by atoms with Crippen molar-refractivity contribution in [3.8, 4) is 11.3 Å². The minimum absolute atomic E-state index is 0.00303. The van der Waals surface area contributed by atoms with Gasteiger partial charge in [0.25, 0.3) is 0 Å². The number of rotatable bonds is 4. The first kappa shape index (κ1) is 12.4. The largest absolute Gasteiger partial charge is 0.481 e. The zero-order valence-corrected chi connectivity index (χ0v) is 10.5. The summed E-state index contributed by atoms with van der Waals surface area (Å²) in [4.78, 5) is 10.9. The molecule has 0 fully saturated rings. The highest BCUT2D eigenvalue weighted by atomic mass is 16.4. The zero-order valence-electron chi connectivity index (χ0n) is 10.5.